The zero-order valence-electron chi connectivity index (χ0n) is 14.2. The summed E-state index contributed by atoms with van der Waals surface area (Å²) in [7, 11) is 0. The van der Waals surface area contributed by atoms with Gasteiger partial charge in [0.2, 0.25) is 0 Å². The molecule has 138 valence electrons. The molecule has 1 atom stereocenters. The molecule has 1 heterocycles. The van der Waals surface area contributed by atoms with Crippen LogP contribution in [0, 0.1) is 10.1 Å². The van der Waals surface area contributed by atoms with Crippen LogP contribution in [-0.4, -0.2) is 16.9 Å². The molecule has 9 heteroatoms. The van der Waals surface area contributed by atoms with E-state index in [9.17, 15) is 19.7 Å². The molecule has 0 spiro atoms. The maximum Gasteiger partial charge on any atom is 0.319 e. The first-order valence-electron chi connectivity index (χ1n) is 7.94. The predicted molar refractivity (Wildman–Crippen MR) is 100 cm³/mol. The number of amides is 3. The summed E-state index contributed by atoms with van der Waals surface area (Å²) in [5.41, 5.74) is 1.72. The summed E-state index contributed by atoms with van der Waals surface area (Å²) in [6.45, 7) is 1.62. The van der Waals surface area contributed by atoms with Crippen LogP contribution >= 0.6 is 11.6 Å². The smallest absolute Gasteiger partial charge is 0.319 e. The lowest BCUT2D eigenvalue weighted by Crippen LogP contribution is -2.45. The lowest BCUT2D eigenvalue weighted by atomic mass is 9.94. The number of nitrogens with zero attached hydrogens (tertiary/aromatic N) is 1. The Bertz CT molecular complexity index is 939. The topological polar surface area (TPSA) is 113 Å². The number of benzene rings is 2. The van der Waals surface area contributed by atoms with Gasteiger partial charge in [-0.15, -0.1) is 0 Å². The molecule has 0 aromatic heterocycles. The maximum absolute atomic E-state index is 12.8. The largest absolute Gasteiger partial charge is 0.327 e. The van der Waals surface area contributed by atoms with Crippen LogP contribution in [0.1, 0.15) is 18.5 Å². The third-order valence-corrected chi connectivity index (χ3v) is 4.31. The number of nitrogens with one attached hydrogen (secondary N) is 3. The van der Waals surface area contributed by atoms with Gasteiger partial charge in [0.15, 0.2) is 0 Å². The molecule has 0 saturated carbocycles. The first-order valence-corrected chi connectivity index (χ1v) is 8.32. The van der Waals surface area contributed by atoms with E-state index < -0.39 is 22.9 Å². The Hall–Kier alpha value is -3.39. The first kappa shape index (κ1) is 18.4. The summed E-state index contributed by atoms with van der Waals surface area (Å²) in [5, 5.41) is 19.4. The van der Waals surface area contributed by atoms with Gasteiger partial charge in [0, 0.05) is 28.5 Å². The van der Waals surface area contributed by atoms with E-state index in [1.54, 1.807) is 31.2 Å². The zero-order valence-corrected chi connectivity index (χ0v) is 14.9. The van der Waals surface area contributed by atoms with Gasteiger partial charge in [-0.25, -0.2) is 4.79 Å². The molecule has 1 aliphatic rings. The predicted octanol–water partition coefficient (Wildman–Crippen LogP) is 3.51. The number of hydrogen-bond donors (Lipinski definition) is 3. The van der Waals surface area contributed by atoms with Crippen molar-refractivity contribution in [2.45, 2.75) is 13.0 Å². The van der Waals surface area contributed by atoms with E-state index in [-0.39, 0.29) is 5.69 Å². The maximum atomic E-state index is 12.8. The van der Waals surface area contributed by atoms with Crippen molar-refractivity contribution in [1.82, 2.24) is 10.6 Å². The van der Waals surface area contributed by atoms with Gasteiger partial charge in [0.25, 0.3) is 11.6 Å². The van der Waals surface area contributed by atoms with Crippen LogP contribution in [0.2, 0.25) is 5.02 Å². The number of carbonyl (C=O) groups excluding carboxylic acids is 2. The zero-order chi connectivity index (χ0) is 19.6. The molecule has 8 nitrogen and oxygen atoms in total. The van der Waals surface area contributed by atoms with E-state index in [2.05, 4.69) is 16.0 Å². The van der Waals surface area contributed by atoms with E-state index >= 15 is 0 Å². The molecule has 1 unspecified atom stereocenters. The van der Waals surface area contributed by atoms with Crippen LogP contribution in [-0.2, 0) is 4.79 Å². The van der Waals surface area contributed by atoms with Gasteiger partial charge in [-0.3, -0.25) is 14.9 Å². The van der Waals surface area contributed by atoms with E-state index in [1.807, 2.05) is 0 Å². The number of anilines is 1. The molecule has 0 saturated heterocycles. The summed E-state index contributed by atoms with van der Waals surface area (Å²) in [5.74, 6) is -0.411. The standard InChI is InChI=1S/C18H15ClN4O4/c1-10-15(17(24)21-13-6-4-12(19)5-7-13)16(22-18(25)20-10)11-2-8-14(9-3-11)23(26)27/h2-9,16H,1H3,(H,21,24)(H2,20,22,25). The third kappa shape index (κ3) is 4.06. The van der Waals surface area contributed by atoms with Crippen molar-refractivity contribution in [2.75, 3.05) is 5.32 Å². The van der Waals surface area contributed by atoms with Gasteiger partial charge in [-0.2, -0.15) is 0 Å². The summed E-state index contributed by atoms with van der Waals surface area (Å²) in [6, 6.07) is 11.1. The van der Waals surface area contributed by atoms with Gasteiger partial charge in [-0.1, -0.05) is 11.6 Å². The molecule has 0 bridgehead atoms. The Morgan fingerprint density at radius 2 is 1.78 bits per heavy atom. The molecule has 2 aromatic carbocycles. The minimum atomic E-state index is -0.744. The van der Waals surface area contributed by atoms with Crippen molar-refractivity contribution in [1.29, 1.82) is 0 Å². The third-order valence-electron chi connectivity index (χ3n) is 4.05. The highest BCUT2D eigenvalue weighted by molar-refractivity contribution is 6.30. The van der Waals surface area contributed by atoms with Crippen LogP contribution in [0.25, 0.3) is 0 Å². The number of carbonyl (C=O) groups is 2. The second kappa shape index (κ2) is 7.46. The lowest BCUT2D eigenvalue weighted by Gasteiger charge is -2.28. The van der Waals surface area contributed by atoms with Gasteiger partial charge in [0.05, 0.1) is 16.5 Å². The second-order valence-corrected chi connectivity index (χ2v) is 6.32. The van der Waals surface area contributed by atoms with E-state index in [4.69, 9.17) is 11.6 Å². The van der Waals surface area contributed by atoms with Gasteiger partial charge in [0.1, 0.15) is 0 Å². The summed E-state index contributed by atoms with van der Waals surface area (Å²) >= 11 is 5.85. The summed E-state index contributed by atoms with van der Waals surface area (Å²) in [6.07, 6.45) is 0. The quantitative estimate of drug-likeness (QED) is 0.551. The van der Waals surface area contributed by atoms with Crippen molar-refractivity contribution >= 4 is 34.9 Å². The highest BCUT2D eigenvalue weighted by Crippen LogP contribution is 2.29. The summed E-state index contributed by atoms with van der Waals surface area (Å²) in [4.78, 5) is 35.0. The van der Waals surface area contributed by atoms with Gasteiger partial charge in [-0.05, 0) is 48.9 Å². The number of urea groups is 1. The first-order chi connectivity index (χ1) is 12.8. The Balaban J connectivity index is 1.92. The number of halogens is 1. The summed E-state index contributed by atoms with van der Waals surface area (Å²) < 4.78 is 0. The number of non-ortho nitro benzene ring substituents is 1. The molecule has 3 amide bonds. The number of rotatable bonds is 4. The minimum Gasteiger partial charge on any atom is -0.327 e. The van der Waals surface area contributed by atoms with Crippen molar-refractivity contribution < 1.29 is 14.5 Å². The Kier molecular flexibility index (Phi) is 5.09. The van der Waals surface area contributed by atoms with Crippen LogP contribution in [0.15, 0.2) is 59.8 Å². The van der Waals surface area contributed by atoms with Gasteiger partial charge >= 0.3 is 6.03 Å². The molecule has 1 aliphatic heterocycles. The molecule has 0 radical (unpaired) electrons. The molecule has 2 aromatic rings. The number of hydrogen-bond acceptors (Lipinski definition) is 4. The SMILES string of the molecule is CC1=C(C(=O)Nc2ccc(Cl)cc2)C(c2ccc([N+](=O)[O-])cc2)NC(=O)N1. The van der Waals surface area contributed by atoms with Crippen LogP contribution in [0.3, 0.4) is 0 Å². The average Bonchev–Trinajstić information content (AvgIpc) is 2.63. The molecule has 3 N–H and O–H groups in total. The Labute approximate surface area is 159 Å². The van der Waals surface area contributed by atoms with Crippen LogP contribution < -0.4 is 16.0 Å². The molecular weight excluding hydrogens is 372 g/mol. The highest BCUT2D eigenvalue weighted by Gasteiger charge is 2.31. The second-order valence-electron chi connectivity index (χ2n) is 5.88. The molecular formula is C18H15ClN4O4. The minimum absolute atomic E-state index is 0.0770. The van der Waals surface area contributed by atoms with Crippen LogP contribution in [0.4, 0.5) is 16.2 Å². The Morgan fingerprint density at radius 3 is 2.37 bits per heavy atom. The average molecular weight is 387 g/mol. The normalized spacial score (nSPS) is 16.4. The van der Waals surface area contributed by atoms with E-state index in [0.717, 1.165) is 0 Å². The number of allylic oxidation sites excluding steroid dienone is 1. The lowest BCUT2D eigenvalue weighted by molar-refractivity contribution is -0.384. The fourth-order valence-corrected chi connectivity index (χ4v) is 2.89. The fraction of sp³-hybridized carbons (Fsp3) is 0.111. The number of nitro groups is 1. The molecule has 3 rings (SSSR count). The Morgan fingerprint density at radius 1 is 1.15 bits per heavy atom. The molecule has 0 fully saturated rings. The van der Waals surface area contributed by atoms with Gasteiger partial charge < -0.3 is 16.0 Å². The van der Waals surface area contributed by atoms with Crippen molar-refractivity contribution in [3.05, 3.63) is 80.5 Å². The molecule has 0 aliphatic carbocycles. The van der Waals surface area contributed by atoms with E-state index in [1.165, 1.54) is 24.3 Å². The van der Waals surface area contributed by atoms with Crippen molar-refractivity contribution in [3.8, 4) is 0 Å². The molecule has 27 heavy (non-hydrogen) atoms. The fourth-order valence-electron chi connectivity index (χ4n) is 2.77. The highest BCUT2D eigenvalue weighted by atomic mass is 35.5. The number of nitro benzene ring substituents is 1. The monoisotopic (exact) mass is 386 g/mol. The van der Waals surface area contributed by atoms with E-state index in [0.29, 0.717) is 27.5 Å². The van der Waals surface area contributed by atoms with Crippen LogP contribution in [0.5, 0.6) is 0 Å². The van der Waals surface area contributed by atoms with Crippen molar-refractivity contribution in [3.63, 3.8) is 0 Å². The van der Waals surface area contributed by atoms with Crippen molar-refractivity contribution in [2.24, 2.45) is 0 Å².